The molecule has 0 saturated carbocycles. The molecule has 1 amide bonds. The molecule has 0 spiro atoms. The molecule has 134 valence electrons. The van der Waals surface area contributed by atoms with Crippen LogP contribution in [0.1, 0.15) is 20.8 Å². The van der Waals surface area contributed by atoms with Crippen molar-refractivity contribution >= 4 is 27.5 Å². The van der Waals surface area contributed by atoms with Gasteiger partial charge in [-0.1, -0.05) is 6.07 Å². The summed E-state index contributed by atoms with van der Waals surface area (Å²) in [6.07, 6.45) is 2.15. The number of rotatable bonds is 4. The molecule has 1 aliphatic heterocycles. The largest absolute Gasteiger partial charge is 0.454 e. The Balaban J connectivity index is 1.47. The predicted octanol–water partition coefficient (Wildman–Crippen LogP) is 2.00. The number of nitrogens with one attached hydrogen (secondary N) is 1. The van der Waals surface area contributed by atoms with E-state index in [1.165, 1.54) is 22.2 Å². The Bertz CT molecular complexity index is 1070. The quantitative estimate of drug-likeness (QED) is 0.759. The van der Waals surface area contributed by atoms with E-state index in [9.17, 15) is 9.59 Å². The number of fused-ring (bicyclic) bond motifs is 2. The van der Waals surface area contributed by atoms with Crippen LogP contribution in [0.25, 0.3) is 10.2 Å². The number of hydrogen-bond acceptors (Lipinski definition) is 6. The third-order valence-corrected chi connectivity index (χ3v) is 5.55. The summed E-state index contributed by atoms with van der Waals surface area (Å²) in [6.45, 7) is 2.51. The molecule has 0 unspecified atom stereocenters. The normalized spacial score (nSPS) is 12.5. The number of aryl methyl sites for hydroxylation is 2. The Morgan fingerprint density at radius 1 is 1.35 bits per heavy atom. The Kier molecular flexibility index (Phi) is 4.12. The number of hydrogen-bond donors (Lipinski definition) is 1. The average molecular weight is 371 g/mol. The number of thiophene rings is 1. The average Bonchev–Trinajstić information content (AvgIpc) is 3.22. The number of ether oxygens (including phenoxy) is 2. The summed E-state index contributed by atoms with van der Waals surface area (Å²) in [6, 6.07) is 5.75. The van der Waals surface area contributed by atoms with Crippen LogP contribution in [0.4, 0.5) is 0 Å². The van der Waals surface area contributed by atoms with Gasteiger partial charge in [0.1, 0.15) is 4.83 Å². The number of benzene rings is 1. The third kappa shape index (κ3) is 2.82. The molecule has 4 rings (SSSR count). The number of carbonyl (C=O) groups excluding carboxylic acids is 1. The van der Waals surface area contributed by atoms with Crippen LogP contribution in [0, 0.1) is 6.92 Å². The molecular weight excluding hydrogens is 354 g/mol. The van der Waals surface area contributed by atoms with Gasteiger partial charge in [0, 0.05) is 13.6 Å². The van der Waals surface area contributed by atoms with E-state index in [0.717, 1.165) is 17.1 Å². The van der Waals surface area contributed by atoms with Gasteiger partial charge in [0.15, 0.2) is 11.5 Å². The van der Waals surface area contributed by atoms with Crippen molar-refractivity contribution in [1.82, 2.24) is 14.9 Å². The van der Waals surface area contributed by atoms with Crippen LogP contribution in [0.2, 0.25) is 0 Å². The van der Waals surface area contributed by atoms with Gasteiger partial charge in [0.25, 0.3) is 11.5 Å². The second-order valence-electron chi connectivity index (χ2n) is 6.09. The van der Waals surface area contributed by atoms with Gasteiger partial charge >= 0.3 is 0 Å². The van der Waals surface area contributed by atoms with Crippen LogP contribution in [0.3, 0.4) is 0 Å². The summed E-state index contributed by atoms with van der Waals surface area (Å²) < 4.78 is 12.1. The van der Waals surface area contributed by atoms with Crippen molar-refractivity contribution in [2.75, 3.05) is 13.3 Å². The molecule has 0 bridgehead atoms. The van der Waals surface area contributed by atoms with Gasteiger partial charge in [-0.05, 0) is 36.6 Å². The second kappa shape index (κ2) is 6.45. The van der Waals surface area contributed by atoms with Crippen molar-refractivity contribution < 1.29 is 14.3 Å². The molecule has 0 radical (unpaired) electrons. The first-order valence-corrected chi connectivity index (χ1v) is 8.97. The zero-order valence-corrected chi connectivity index (χ0v) is 15.2. The highest BCUT2D eigenvalue weighted by Crippen LogP contribution is 2.32. The van der Waals surface area contributed by atoms with Gasteiger partial charge in [-0.3, -0.25) is 9.59 Å². The van der Waals surface area contributed by atoms with Crippen molar-refractivity contribution in [3.63, 3.8) is 0 Å². The first kappa shape index (κ1) is 16.6. The summed E-state index contributed by atoms with van der Waals surface area (Å²) in [5.74, 6) is 1.29. The molecule has 8 heteroatoms. The zero-order valence-electron chi connectivity index (χ0n) is 14.4. The third-order valence-electron chi connectivity index (χ3n) is 4.35. The highest BCUT2D eigenvalue weighted by molar-refractivity contribution is 7.20. The zero-order chi connectivity index (χ0) is 18.3. The molecule has 0 aliphatic carbocycles. The molecule has 1 aromatic carbocycles. The number of amides is 1. The fraction of sp³-hybridized carbons (Fsp3) is 0.278. The minimum atomic E-state index is -0.187. The van der Waals surface area contributed by atoms with Crippen LogP contribution >= 0.6 is 11.3 Å². The van der Waals surface area contributed by atoms with Gasteiger partial charge in [0.2, 0.25) is 6.79 Å². The molecule has 3 aromatic rings. The molecule has 7 nitrogen and oxygen atoms in total. The second-order valence-corrected chi connectivity index (χ2v) is 7.09. The topological polar surface area (TPSA) is 82.4 Å². The lowest BCUT2D eigenvalue weighted by Gasteiger charge is -2.06. The maximum atomic E-state index is 12.5. The van der Waals surface area contributed by atoms with Crippen molar-refractivity contribution in [3.05, 3.63) is 50.9 Å². The maximum absolute atomic E-state index is 12.5. The minimum absolute atomic E-state index is 0.136. The Morgan fingerprint density at radius 2 is 2.15 bits per heavy atom. The van der Waals surface area contributed by atoms with E-state index < -0.39 is 0 Å². The van der Waals surface area contributed by atoms with Crippen LogP contribution in [0.5, 0.6) is 11.5 Å². The van der Waals surface area contributed by atoms with Crippen molar-refractivity contribution in [2.45, 2.75) is 13.3 Å². The molecule has 0 atom stereocenters. The summed E-state index contributed by atoms with van der Waals surface area (Å²) in [5.41, 5.74) is 1.60. The van der Waals surface area contributed by atoms with Gasteiger partial charge < -0.3 is 19.4 Å². The van der Waals surface area contributed by atoms with Gasteiger partial charge in [-0.25, -0.2) is 4.98 Å². The lowest BCUT2D eigenvalue weighted by Crippen LogP contribution is -2.25. The first-order valence-electron chi connectivity index (χ1n) is 8.16. The highest BCUT2D eigenvalue weighted by Gasteiger charge is 2.19. The van der Waals surface area contributed by atoms with E-state index in [4.69, 9.17) is 9.47 Å². The van der Waals surface area contributed by atoms with Crippen LogP contribution in [-0.2, 0) is 13.5 Å². The molecule has 1 aliphatic rings. The molecule has 0 saturated heterocycles. The van der Waals surface area contributed by atoms with E-state index in [2.05, 4.69) is 10.3 Å². The Labute approximate surface area is 153 Å². The first-order chi connectivity index (χ1) is 12.5. The van der Waals surface area contributed by atoms with Gasteiger partial charge in [-0.15, -0.1) is 11.3 Å². The summed E-state index contributed by atoms with van der Waals surface area (Å²) in [4.78, 5) is 30.1. The van der Waals surface area contributed by atoms with E-state index in [1.54, 1.807) is 14.0 Å². The van der Waals surface area contributed by atoms with E-state index in [1.807, 2.05) is 18.2 Å². The van der Waals surface area contributed by atoms with Gasteiger partial charge in [0.05, 0.1) is 16.6 Å². The van der Waals surface area contributed by atoms with Gasteiger partial charge in [-0.2, -0.15) is 0 Å². The Hall–Kier alpha value is -2.87. The van der Waals surface area contributed by atoms with Crippen LogP contribution in [0.15, 0.2) is 29.3 Å². The smallest absolute Gasteiger partial charge is 0.262 e. The Morgan fingerprint density at radius 3 is 3.00 bits per heavy atom. The minimum Gasteiger partial charge on any atom is -0.454 e. The number of aromatic nitrogens is 2. The predicted molar refractivity (Wildman–Crippen MR) is 98.2 cm³/mol. The van der Waals surface area contributed by atoms with E-state index >= 15 is 0 Å². The van der Waals surface area contributed by atoms with Crippen molar-refractivity contribution in [1.29, 1.82) is 0 Å². The highest BCUT2D eigenvalue weighted by atomic mass is 32.1. The molecule has 0 fully saturated rings. The van der Waals surface area contributed by atoms with E-state index in [-0.39, 0.29) is 18.3 Å². The van der Waals surface area contributed by atoms with Crippen LogP contribution in [-0.4, -0.2) is 28.8 Å². The monoisotopic (exact) mass is 371 g/mol. The molecule has 1 N–H and O–H groups in total. The lowest BCUT2D eigenvalue weighted by atomic mass is 10.1. The molecule has 3 heterocycles. The number of nitrogens with zero attached hydrogens (tertiary/aromatic N) is 2. The van der Waals surface area contributed by atoms with E-state index in [0.29, 0.717) is 33.6 Å². The van der Waals surface area contributed by atoms with Crippen LogP contribution < -0.4 is 20.3 Å². The summed E-state index contributed by atoms with van der Waals surface area (Å²) in [7, 11) is 1.65. The molecular formula is C18H17N3O4S. The lowest BCUT2D eigenvalue weighted by molar-refractivity contribution is 0.0957. The SMILES string of the molecule is Cc1c(C(=O)NCCc2ccc3c(c2)OCO3)sc2ncn(C)c(=O)c12. The molecule has 26 heavy (non-hydrogen) atoms. The fourth-order valence-electron chi connectivity index (χ4n) is 2.92. The standard InChI is InChI=1S/C18H17N3O4S/c1-10-14-17(20-8-21(2)18(14)23)26-15(10)16(22)19-6-5-11-3-4-12-13(7-11)25-9-24-12/h3-4,7-8H,5-6,9H2,1-2H3,(H,19,22). The number of carbonyl (C=O) groups is 1. The van der Waals surface area contributed by atoms with Crippen molar-refractivity contribution in [3.8, 4) is 11.5 Å². The molecule has 2 aromatic heterocycles. The summed E-state index contributed by atoms with van der Waals surface area (Å²) >= 11 is 1.24. The summed E-state index contributed by atoms with van der Waals surface area (Å²) in [5, 5.41) is 3.43. The fourth-order valence-corrected chi connectivity index (χ4v) is 3.98. The maximum Gasteiger partial charge on any atom is 0.262 e. The van der Waals surface area contributed by atoms with Crippen molar-refractivity contribution in [2.24, 2.45) is 7.05 Å².